The summed E-state index contributed by atoms with van der Waals surface area (Å²) in [5.74, 6) is 3.29. The highest BCUT2D eigenvalue weighted by molar-refractivity contribution is 5.44. The van der Waals surface area contributed by atoms with Crippen LogP contribution < -0.4 is 0 Å². The number of furan rings is 1. The largest absolute Gasteiger partial charge is 0.459 e. The number of nitrogens with zero attached hydrogens (tertiary/aromatic N) is 4. The number of hydrogen-bond donors (Lipinski definition) is 0. The van der Waals surface area contributed by atoms with Crippen molar-refractivity contribution in [3.8, 4) is 11.7 Å². The van der Waals surface area contributed by atoms with Crippen molar-refractivity contribution in [3.63, 3.8) is 0 Å². The number of hydrogen-bond acceptors (Lipinski definition) is 6. The van der Waals surface area contributed by atoms with E-state index in [0.29, 0.717) is 17.6 Å². The maximum atomic E-state index is 5.76. The van der Waals surface area contributed by atoms with Gasteiger partial charge in [-0.15, -0.1) is 0 Å². The predicted molar refractivity (Wildman–Crippen MR) is 92.9 cm³/mol. The molecule has 0 saturated heterocycles. The normalized spacial score (nSPS) is 14.9. The molecule has 0 spiro atoms. The Morgan fingerprint density at radius 3 is 2.92 bits per heavy atom. The van der Waals surface area contributed by atoms with Gasteiger partial charge in [0.05, 0.1) is 17.7 Å². The minimum absolute atomic E-state index is 0.342. The standard InChI is InChI=1S/C19H22N4O2/c1-12(2)18-20-9-14-6-7-23(11-16(14)21-18)10-15-13(3)25-19(22-15)17-5-4-8-24-17/h4-5,8-9,12H,6-7,10-11H2,1-3H3. The summed E-state index contributed by atoms with van der Waals surface area (Å²) in [5, 5.41) is 0. The van der Waals surface area contributed by atoms with Crippen molar-refractivity contribution in [1.29, 1.82) is 0 Å². The van der Waals surface area contributed by atoms with Crippen LogP contribution in [0.2, 0.25) is 0 Å². The van der Waals surface area contributed by atoms with E-state index in [1.165, 1.54) is 5.56 Å². The van der Waals surface area contributed by atoms with Crippen molar-refractivity contribution in [1.82, 2.24) is 19.9 Å². The fraction of sp³-hybridized carbons (Fsp3) is 0.421. The highest BCUT2D eigenvalue weighted by atomic mass is 16.4. The zero-order valence-electron chi connectivity index (χ0n) is 14.8. The lowest BCUT2D eigenvalue weighted by atomic mass is 10.1. The summed E-state index contributed by atoms with van der Waals surface area (Å²) in [6.45, 7) is 8.73. The SMILES string of the molecule is Cc1oc(-c2ccco2)nc1CN1CCc2cnc(C(C)C)nc2C1. The van der Waals surface area contributed by atoms with Gasteiger partial charge >= 0.3 is 0 Å². The Morgan fingerprint density at radius 2 is 2.16 bits per heavy atom. The molecule has 6 heteroatoms. The molecule has 1 aliphatic rings. The average Bonchev–Trinajstić information content (AvgIpc) is 3.24. The van der Waals surface area contributed by atoms with Crippen LogP contribution in [-0.4, -0.2) is 26.4 Å². The van der Waals surface area contributed by atoms with Gasteiger partial charge in [0.15, 0.2) is 5.76 Å². The maximum Gasteiger partial charge on any atom is 0.263 e. The molecule has 3 aromatic rings. The lowest BCUT2D eigenvalue weighted by Crippen LogP contribution is -2.31. The van der Waals surface area contributed by atoms with Gasteiger partial charge in [0.25, 0.3) is 5.89 Å². The number of aryl methyl sites for hydroxylation is 1. The number of oxazole rings is 1. The monoisotopic (exact) mass is 338 g/mol. The van der Waals surface area contributed by atoms with E-state index in [-0.39, 0.29) is 0 Å². The van der Waals surface area contributed by atoms with Crippen LogP contribution in [0.15, 0.2) is 33.4 Å². The fourth-order valence-electron chi connectivity index (χ4n) is 3.08. The molecular weight excluding hydrogens is 316 g/mol. The van der Waals surface area contributed by atoms with Gasteiger partial charge in [0.1, 0.15) is 11.6 Å². The van der Waals surface area contributed by atoms with Gasteiger partial charge in [-0.2, -0.15) is 0 Å². The zero-order chi connectivity index (χ0) is 17.4. The van der Waals surface area contributed by atoms with E-state index in [1.54, 1.807) is 6.26 Å². The molecule has 0 aliphatic carbocycles. The van der Waals surface area contributed by atoms with Crippen LogP contribution in [0.3, 0.4) is 0 Å². The third-order valence-corrected chi connectivity index (χ3v) is 4.56. The van der Waals surface area contributed by atoms with Crippen molar-refractivity contribution in [2.24, 2.45) is 0 Å². The topological polar surface area (TPSA) is 68.2 Å². The third kappa shape index (κ3) is 3.22. The Bertz CT molecular complexity index is 868. The van der Waals surface area contributed by atoms with Gasteiger partial charge in [0.2, 0.25) is 0 Å². The fourth-order valence-corrected chi connectivity index (χ4v) is 3.08. The summed E-state index contributed by atoms with van der Waals surface area (Å²) in [6.07, 6.45) is 4.59. The molecular formula is C19H22N4O2. The van der Waals surface area contributed by atoms with Crippen molar-refractivity contribution in [2.45, 2.75) is 46.2 Å². The second-order valence-corrected chi connectivity index (χ2v) is 6.81. The molecule has 0 N–H and O–H groups in total. The maximum absolute atomic E-state index is 5.76. The van der Waals surface area contributed by atoms with Gasteiger partial charge < -0.3 is 8.83 Å². The predicted octanol–water partition coefficient (Wildman–Crippen LogP) is 3.71. The van der Waals surface area contributed by atoms with Crippen molar-refractivity contribution in [2.75, 3.05) is 6.54 Å². The summed E-state index contributed by atoms with van der Waals surface area (Å²) in [4.78, 5) is 16.2. The highest BCUT2D eigenvalue weighted by Crippen LogP contribution is 2.25. The van der Waals surface area contributed by atoms with Gasteiger partial charge in [0, 0.05) is 31.7 Å². The van der Waals surface area contributed by atoms with E-state index >= 15 is 0 Å². The van der Waals surface area contributed by atoms with Crippen LogP contribution in [0, 0.1) is 6.92 Å². The van der Waals surface area contributed by atoms with Crippen molar-refractivity contribution >= 4 is 0 Å². The second-order valence-electron chi connectivity index (χ2n) is 6.81. The molecule has 0 amide bonds. The molecule has 0 radical (unpaired) electrons. The Balaban J connectivity index is 1.52. The van der Waals surface area contributed by atoms with Gasteiger partial charge in [-0.05, 0) is 31.0 Å². The van der Waals surface area contributed by atoms with Crippen LogP contribution in [-0.2, 0) is 19.5 Å². The van der Waals surface area contributed by atoms with Gasteiger partial charge in [-0.3, -0.25) is 4.90 Å². The molecule has 0 aromatic carbocycles. The first kappa shape index (κ1) is 16.0. The van der Waals surface area contributed by atoms with E-state index < -0.39 is 0 Å². The zero-order valence-corrected chi connectivity index (χ0v) is 14.8. The Morgan fingerprint density at radius 1 is 1.28 bits per heavy atom. The van der Waals surface area contributed by atoms with Crippen LogP contribution in [0.4, 0.5) is 0 Å². The Labute approximate surface area is 146 Å². The summed E-state index contributed by atoms with van der Waals surface area (Å²) >= 11 is 0. The first-order valence-corrected chi connectivity index (χ1v) is 8.67. The summed E-state index contributed by atoms with van der Waals surface area (Å²) < 4.78 is 11.1. The van der Waals surface area contributed by atoms with E-state index in [0.717, 1.165) is 49.0 Å². The molecule has 1 aliphatic heterocycles. The van der Waals surface area contributed by atoms with Gasteiger partial charge in [-0.25, -0.2) is 15.0 Å². The molecule has 4 rings (SSSR count). The second kappa shape index (κ2) is 6.44. The molecule has 4 heterocycles. The lowest BCUT2D eigenvalue weighted by molar-refractivity contribution is 0.237. The number of rotatable bonds is 4. The quantitative estimate of drug-likeness (QED) is 0.722. The first-order valence-electron chi connectivity index (χ1n) is 8.67. The summed E-state index contributed by atoms with van der Waals surface area (Å²) in [7, 11) is 0. The molecule has 6 nitrogen and oxygen atoms in total. The summed E-state index contributed by atoms with van der Waals surface area (Å²) in [6, 6.07) is 3.69. The van der Waals surface area contributed by atoms with Crippen LogP contribution in [0.25, 0.3) is 11.7 Å². The van der Waals surface area contributed by atoms with E-state index in [1.807, 2.05) is 25.3 Å². The third-order valence-electron chi connectivity index (χ3n) is 4.56. The average molecular weight is 338 g/mol. The van der Waals surface area contributed by atoms with Gasteiger partial charge in [-0.1, -0.05) is 13.8 Å². The molecule has 0 unspecified atom stereocenters. The van der Waals surface area contributed by atoms with Crippen LogP contribution in [0.1, 0.15) is 48.3 Å². The minimum atomic E-state index is 0.342. The highest BCUT2D eigenvalue weighted by Gasteiger charge is 2.22. The molecule has 25 heavy (non-hydrogen) atoms. The number of fused-ring (bicyclic) bond motifs is 1. The lowest BCUT2D eigenvalue weighted by Gasteiger charge is -2.27. The minimum Gasteiger partial charge on any atom is -0.459 e. The van der Waals surface area contributed by atoms with Crippen LogP contribution >= 0.6 is 0 Å². The Kier molecular flexibility index (Phi) is 4.13. The molecule has 3 aromatic heterocycles. The molecule has 0 atom stereocenters. The van der Waals surface area contributed by atoms with E-state index in [2.05, 4.69) is 28.7 Å². The van der Waals surface area contributed by atoms with E-state index in [9.17, 15) is 0 Å². The van der Waals surface area contributed by atoms with E-state index in [4.69, 9.17) is 13.8 Å². The number of aromatic nitrogens is 3. The molecule has 130 valence electrons. The Hall–Kier alpha value is -2.47. The molecule has 0 fully saturated rings. The van der Waals surface area contributed by atoms with Crippen molar-refractivity contribution in [3.05, 3.63) is 53.1 Å². The van der Waals surface area contributed by atoms with Crippen LogP contribution in [0.5, 0.6) is 0 Å². The summed E-state index contributed by atoms with van der Waals surface area (Å²) in [5.41, 5.74) is 3.35. The smallest absolute Gasteiger partial charge is 0.263 e. The van der Waals surface area contributed by atoms with Crippen molar-refractivity contribution < 1.29 is 8.83 Å². The molecule has 0 bridgehead atoms. The molecule has 0 saturated carbocycles. The first-order chi connectivity index (χ1) is 12.1.